The predicted molar refractivity (Wildman–Crippen MR) is 198 cm³/mol. The summed E-state index contributed by atoms with van der Waals surface area (Å²) < 4.78 is 0. The van der Waals surface area contributed by atoms with E-state index in [-0.39, 0.29) is 20.1 Å². The van der Waals surface area contributed by atoms with Crippen LogP contribution < -0.4 is 9.80 Å². The van der Waals surface area contributed by atoms with Gasteiger partial charge in [0.2, 0.25) is 0 Å². The molecule has 0 atom stereocenters. The van der Waals surface area contributed by atoms with Crippen molar-refractivity contribution in [3.05, 3.63) is 121 Å². The number of hydrogen-bond donors (Lipinski definition) is 0. The first-order valence-electron chi connectivity index (χ1n) is 18.4. The second kappa shape index (κ2) is 15.8. The number of pyridine rings is 2. The molecule has 0 spiro atoms. The van der Waals surface area contributed by atoms with Crippen molar-refractivity contribution in [1.82, 2.24) is 9.97 Å². The largest absolute Gasteiger partial charge is 0.375 e. The monoisotopic (exact) mass is 823 g/mol. The van der Waals surface area contributed by atoms with Crippen molar-refractivity contribution in [2.24, 2.45) is 0 Å². The fraction of sp³-hybridized carbons (Fsp3) is 0.364. The van der Waals surface area contributed by atoms with Gasteiger partial charge in [-0.2, -0.15) is 0 Å². The van der Waals surface area contributed by atoms with E-state index in [1.807, 2.05) is 36.7 Å². The Balaban J connectivity index is 0.000000171. The van der Waals surface area contributed by atoms with Crippen LogP contribution in [0, 0.1) is 12.1 Å². The molecule has 2 aromatic heterocycles. The normalized spacial score (nSPS) is 17.9. The number of para-hydroxylation sites is 2. The molecule has 49 heavy (non-hydrogen) atoms. The van der Waals surface area contributed by atoms with Gasteiger partial charge in [-0.15, -0.1) is 53.6 Å². The third-order valence-corrected chi connectivity index (χ3v) is 11.0. The summed E-state index contributed by atoms with van der Waals surface area (Å²) in [6, 6.07) is 40.3. The van der Waals surface area contributed by atoms with E-state index < -0.39 is 0 Å². The molecule has 3 saturated carbocycles. The molecule has 0 saturated heterocycles. The maximum absolute atomic E-state index is 4.72. The number of rotatable bonds is 5. The van der Waals surface area contributed by atoms with E-state index in [1.165, 1.54) is 112 Å². The minimum Gasteiger partial charge on any atom is -0.375 e. The molecule has 3 aromatic carbocycles. The molecule has 0 N–H and O–H groups in total. The first kappa shape index (κ1) is 33.7. The molecule has 0 amide bonds. The first-order chi connectivity index (χ1) is 23.8. The number of fused-ring (bicyclic) bond motifs is 2. The van der Waals surface area contributed by atoms with Gasteiger partial charge in [0.25, 0.3) is 0 Å². The molecule has 3 aliphatic carbocycles. The topological polar surface area (TPSA) is 32.3 Å². The molecule has 1 aliphatic heterocycles. The third kappa shape index (κ3) is 7.12. The van der Waals surface area contributed by atoms with E-state index in [2.05, 4.69) is 93.6 Å². The summed E-state index contributed by atoms with van der Waals surface area (Å²) in [5.74, 6) is 0.757. The number of aromatic nitrogens is 2. The van der Waals surface area contributed by atoms with E-state index in [0.29, 0.717) is 12.1 Å². The van der Waals surface area contributed by atoms with Crippen LogP contribution in [0.4, 0.5) is 22.7 Å². The van der Waals surface area contributed by atoms with Crippen LogP contribution >= 0.6 is 0 Å². The Bertz CT molecular complexity index is 1770. The summed E-state index contributed by atoms with van der Waals surface area (Å²) in [4.78, 5) is 14.4. The Morgan fingerprint density at radius 1 is 0.531 bits per heavy atom. The van der Waals surface area contributed by atoms with Gasteiger partial charge in [-0.3, -0.25) is 0 Å². The van der Waals surface area contributed by atoms with Crippen molar-refractivity contribution in [3.63, 3.8) is 0 Å². The third-order valence-electron chi connectivity index (χ3n) is 11.0. The molecule has 4 nitrogen and oxygen atoms in total. The molecule has 253 valence electrons. The zero-order chi connectivity index (χ0) is 32.1. The van der Waals surface area contributed by atoms with E-state index >= 15 is 0 Å². The van der Waals surface area contributed by atoms with Gasteiger partial charge < -0.3 is 19.8 Å². The zero-order valence-electron chi connectivity index (χ0n) is 28.4. The zero-order valence-corrected chi connectivity index (χ0v) is 30.8. The number of benzene rings is 3. The van der Waals surface area contributed by atoms with E-state index in [1.54, 1.807) is 0 Å². The number of hydrogen-bond acceptors (Lipinski definition) is 4. The van der Waals surface area contributed by atoms with Gasteiger partial charge >= 0.3 is 0 Å². The predicted octanol–water partition coefficient (Wildman–Crippen LogP) is 11.6. The van der Waals surface area contributed by atoms with Crippen LogP contribution in [0.2, 0.25) is 0 Å². The van der Waals surface area contributed by atoms with Crippen LogP contribution in [0.3, 0.4) is 0 Å². The Morgan fingerprint density at radius 3 is 1.73 bits per heavy atom. The molecule has 9 rings (SSSR count). The smallest absolute Gasteiger partial charge is 0.0634 e. The minimum atomic E-state index is 0. The van der Waals surface area contributed by atoms with Crippen molar-refractivity contribution in [2.45, 2.75) is 101 Å². The molecule has 1 radical (unpaired) electrons. The summed E-state index contributed by atoms with van der Waals surface area (Å²) in [5.41, 5.74) is 11.1. The molecule has 0 unspecified atom stereocenters. The Morgan fingerprint density at radius 2 is 1.12 bits per heavy atom. The summed E-state index contributed by atoms with van der Waals surface area (Å²) in [7, 11) is 0. The van der Waals surface area contributed by atoms with Crippen molar-refractivity contribution >= 4 is 22.7 Å². The van der Waals surface area contributed by atoms with Crippen LogP contribution in [0.15, 0.2) is 103 Å². The average molecular weight is 823 g/mol. The maximum atomic E-state index is 4.72. The fourth-order valence-electron chi connectivity index (χ4n) is 8.65. The SMILES string of the molecule is [Ir].[c-]1cc(C2CCCCC2)ccc1-c1ccccn1.[c-]1ccc2c(c1-c1ccccn1)N(C1CCCC1)c1ccccc1N2C1CCCC1. The van der Waals surface area contributed by atoms with E-state index in [9.17, 15) is 0 Å². The van der Waals surface area contributed by atoms with Gasteiger partial charge in [0.1, 0.15) is 0 Å². The summed E-state index contributed by atoms with van der Waals surface area (Å²) in [5, 5.41) is 0. The quantitative estimate of drug-likeness (QED) is 0.165. The van der Waals surface area contributed by atoms with Gasteiger partial charge in [-0.25, -0.2) is 0 Å². The second-order valence-electron chi connectivity index (χ2n) is 14.0. The average Bonchev–Trinajstić information content (AvgIpc) is 3.91. The van der Waals surface area contributed by atoms with Crippen LogP contribution in [-0.4, -0.2) is 22.1 Å². The standard InChI is InChI=1S/C27H28N3.C17H18N.Ir/c1-2-11-20(10-1)29-24-16-5-6-17-25(24)30(21-12-3-4-13-21)27-22(14-9-18-26(27)29)23-15-7-8-19-28-23;1-2-6-14(7-3-1)15-9-11-16(12-10-15)17-8-4-5-13-18-17;/h5-9,15-21H,1-4,10-13H2;4-5,8-11,13-14H,1-3,6-7H2;/q2*-1;. The van der Waals surface area contributed by atoms with E-state index in [0.717, 1.165) is 28.4 Å². The van der Waals surface area contributed by atoms with Crippen molar-refractivity contribution in [1.29, 1.82) is 0 Å². The fourth-order valence-corrected chi connectivity index (χ4v) is 8.65. The van der Waals surface area contributed by atoms with Crippen LogP contribution in [-0.2, 0) is 20.1 Å². The van der Waals surface area contributed by atoms with Crippen molar-refractivity contribution in [3.8, 4) is 22.5 Å². The first-order valence-corrected chi connectivity index (χ1v) is 18.4. The minimum absolute atomic E-state index is 0. The Kier molecular flexibility index (Phi) is 10.9. The molecule has 5 heteroatoms. The molecular formula is C44H46IrN4-2. The molecular weight excluding hydrogens is 777 g/mol. The summed E-state index contributed by atoms with van der Waals surface area (Å²) >= 11 is 0. The number of anilines is 4. The van der Waals surface area contributed by atoms with Crippen LogP contribution in [0.25, 0.3) is 22.5 Å². The molecule has 3 heterocycles. The van der Waals surface area contributed by atoms with Gasteiger partial charge in [-0.05, 0) is 72.7 Å². The van der Waals surface area contributed by atoms with Gasteiger partial charge in [0, 0.05) is 44.6 Å². The van der Waals surface area contributed by atoms with Gasteiger partial charge in [-0.1, -0.05) is 106 Å². The van der Waals surface area contributed by atoms with E-state index in [4.69, 9.17) is 4.98 Å². The van der Waals surface area contributed by atoms with Crippen molar-refractivity contribution < 1.29 is 20.1 Å². The second-order valence-corrected chi connectivity index (χ2v) is 14.0. The summed E-state index contributed by atoms with van der Waals surface area (Å²) in [6.07, 6.45) is 20.9. The van der Waals surface area contributed by atoms with Crippen LogP contribution in [0.5, 0.6) is 0 Å². The Hall–Kier alpha value is -3.79. The molecule has 0 bridgehead atoms. The molecule has 4 aliphatic rings. The van der Waals surface area contributed by atoms with Crippen LogP contribution in [0.1, 0.15) is 95.0 Å². The molecule has 3 fully saturated rings. The van der Waals surface area contributed by atoms with Gasteiger partial charge in [0.05, 0.1) is 11.4 Å². The molecule has 5 aromatic rings. The Labute approximate surface area is 306 Å². The number of nitrogens with zero attached hydrogens (tertiary/aromatic N) is 4. The van der Waals surface area contributed by atoms with Crippen molar-refractivity contribution in [2.75, 3.05) is 9.80 Å². The maximum Gasteiger partial charge on any atom is 0.0634 e. The summed E-state index contributed by atoms with van der Waals surface area (Å²) in [6.45, 7) is 0. The van der Waals surface area contributed by atoms with Gasteiger partial charge in [0.15, 0.2) is 0 Å².